The third-order valence-electron chi connectivity index (χ3n) is 4.19. The first kappa shape index (κ1) is 13.2. The zero-order valence-electron chi connectivity index (χ0n) is 12.1. The molecule has 3 aromatic carbocycles. The Morgan fingerprint density at radius 3 is 2.00 bits per heavy atom. The quantitative estimate of drug-likeness (QED) is 0.567. The molecule has 3 aromatic rings. The first-order valence-corrected chi connectivity index (χ1v) is 7.26. The van der Waals surface area contributed by atoms with Gasteiger partial charge in [0.15, 0.2) is 0 Å². The van der Waals surface area contributed by atoms with Gasteiger partial charge in [-0.05, 0) is 34.9 Å². The van der Waals surface area contributed by atoms with E-state index in [1.165, 1.54) is 0 Å². The maximum Gasteiger partial charge on any atom is 0.300 e. The summed E-state index contributed by atoms with van der Waals surface area (Å²) in [5.74, 6) is -2.82. The average molecular weight is 292 g/mol. The van der Waals surface area contributed by atoms with Gasteiger partial charge in [0.1, 0.15) is 0 Å². The van der Waals surface area contributed by atoms with Crippen molar-refractivity contribution < 1.29 is 8.78 Å². The van der Waals surface area contributed by atoms with Crippen LogP contribution in [0.3, 0.4) is 0 Å². The number of allylic oxidation sites excluding steroid dienone is 2. The molecule has 0 spiro atoms. The first-order chi connectivity index (χ1) is 10.6. The minimum absolute atomic E-state index is 0.155. The van der Waals surface area contributed by atoms with E-state index in [0.717, 1.165) is 16.3 Å². The Morgan fingerprint density at radius 2 is 1.27 bits per heavy atom. The van der Waals surface area contributed by atoms with Crippen LogP contribution in [0.1, 0.15) is 16.7 Å². The third kappa shape index (κ3) is 1.95. The lowest BCUT2D eigenvalue weighted by atomic mass is 10.1. The van der Waals surface area contributed by atoms with Crippen molar-refractivity contribution in [3.05, 3.63) is 83.4 Å². The van der Waals surface area contributed by atoms with Crippen LogP contribution in [0.15, 0.2) is 66.7 Å². The number of benzene rings is 3. The predicted octanol–water partition coefficient (Wildman–Crippen LogP) is 5.71. The fourth-order valence-corrected chi connectivity index (χ4v) is 2.95. The molecule has 4 rings (SSSR count). The van der Waals surface area contributed by atoms with E-state index in [1.54, 1.807) is 18.2 Å². The lowest BCUT2D eigenvalue weighted by Gasteiger charge is -2.01. The van der Waals surface area contributed by atoms with E-state index in [9.17, 15) is 8.78 Å². The second kappa shape index (κ2) is 4.51. The molecular weight excluding hydrogens is 278 g/mol. The maximum atomic E-state index is 14.3. The molecule has 0 aliphatic heterocycles. The van der Waals surface area contributed by atoms with E-state index >= 15 is 0 Å². The zero-order valence-corrected chi connectivity index (χ0v) is 12.1. The van der Waals surface area contributed by atoms with E-state index in [4.69, 9.17) is 0 Å². The molecule has 0 amide bonds. The molecule has 1 aliphatic carbocycles. The number of hydrogen-bond acceptors (Lipinski definition) is 0. The molecule has 0 aromatic heterocycles. The fourth-order valence-electron chi connectivity index (χ4n) is 2.95. The Kier molecular flexibility index (Phi) is 2.70. The van der Waals surface area contributed by atoms with Crippen LogP contribution >= 0.6 is 0 Å². The van der Waals surface area contributed by atoms with Crippen LogP contribution in [-0.4, -0.2) is 5.92 Å². The van der Waals surface area contributed by atoms with E-state index in [1.807, 2.05) is 55.5 Å². The highest BCUT2D eigenvalue weighted by Gasteiger charge is 2.56. The van der Waals surface area contributed by atoms with Gasteiger partial charge in [-0.2, -0.15) is 8.78 Å². The molecule has 0 radical (unpaired) electrons. The van der Waals surface area contributed by atoms with Gasteiger partial charge in [-0.3, -0.25) is 0 Å². The van der Waals surface area contributed by atoms with Crippen LogP contribution in [0.25, 0.3) is 21.9 Å². The SMILES string of the molecule is Cc1ccc(C2=C(c3ccc4ccccc4c3)C2(F)F)cc1. The van der Waals surface area contributed by atoms with Gasteiger partial charge in [0.2, 0.25) is 0 Å². The number of rotatable bonds is 2. The van der Waals surface area contributed by atoms with Gasteiger partial charge in [0, 0.05) is 11.1 Å². The van der Waals surface area contributed by atoms with Gasteiger partial charge in [0.25, 0.3) is 0 Å². The van der Waals surface area contributed by atoms with Crippen molar-refractivity contribution in [3.8, 4) is 0 Å². The van der Waals surface area contributed by atoms with Gasteiger partial charge < -0.3 is 0 Å². The summed E-state index contributed by atoms with van der Waals surface area (Å²) in [7, 11) is 0. The second-order valence-corrected chi connectivity index (χ2v) is 5.75. The average Bonchev–Trinajstić information content (AvgIpc) is 3.10. The third-order valence-corrected chi connectivity index (χ3v) is 4.19. The summed E-state index contributed by atoms with van der Waals surface area (Å²) < 4.78 is 28.5. The Hall–Kier alpha value is -2.48. The molecule has 1 aliphatic rings. The highest BCUT2D eigenvalue weighted by atomic mass is 19.3. The van der Waals surface area contributed by atoms with E-state index in [0.29, 0.717) is 11.1 Å². The molecule has 22 heavy (non-hydrogen) atoms. The maximum absolute atomic E-state index is 14.3. The highest BCUT2D eigenvalue weighted by molar-refractivity contribution is 6.16. The standard InChI is InChI=1S/C20H14F2/c1-13-6-8-15(9-7-13)18-19(20(18,21)22)17-11-10-14-4-2-3-5-16(14)12-17/h2-12H,1H3. The fraction of sp³-hybridized carbons (Fsp3) is 0.100. The molecule has 0 N–H and O–H groups in total. The summed E-state index contributed by atoms with van der Waals surface area (Å²) in [5, 5.41) is 2.05. The van der Waals surface area contributed by atoms with Crippen molar-refractivity contribution in [2.45, 2.75) is 12.8 Å². The molecule has 0 nitrogen and oxygen atoms in total. The first-order valence-electron chi connectivity index (χ1n) is 7.26. The van der Waals surface area contributed by atoms with Crippen LogP contribution in [-0.2, 0) is 0 Å². The molecule has 0 unspecified atom stereocenters. The Bertz CT molecular complexity index is 902. The van der Waals surface area contributed by atoms with Gasteiger partial charge in [-0.25, -0.2) is 0 Å². The molecule has 108 valence electrons. The summed E-state index contributed by atoms with van der Waals surface area (Å²) in [5.41, 5.74) is 2.60. The Morgan fingerprint density at radius 1 is 0.682 bits per heavy atom. The summed E-state index contributed by atoms with van der Waals surface area (Å²) >= 11 is 0. The molecule has 0 fully saturated rings. The molecule has 0 bridgehead atoms. The van der Waals surface area contributed by atoms with Crippen LogP contribution < -0.4 is 0 Å². The number of alkyl halides is 2. The molecule has 2 heteroatoms. The Balaban J connectivity index is 1.83. The van der Waals surface area contributed by atoms with Gasteiger partial charge in [-0.1, -0.05) is 66.2 Å². The minimum Gasteiger partial charge on any atom is -0.196 e. The monoisotopic (exact) mass is 292 g/mol. The van der Waals surface area contributed by atoms with Crippen LogP contribution in [0.2, 0.25) is 0 Å². The van der Waals surface area contributed by atoms with Gasteiger partial charge >= 0.3 is 5.92 Å². The van der Waals surface area contributed by atoms with Crippen LogP contribution in [0.4, 0.5) is 8.78 Å². The summed E-state index contributed by atoms with van der Waals surface area (Å²) in [6.07, 6.45) is 0. The van der Waals surface area contributed by atoms with Crippen molar-refractivity contribution >= 4 is 21.9 Å². The molecule has 0 saturated heterocycles. The Labute approximate surface area is 127 Å². The number of aryl methyl sites for hydroxylation is 1. The molecule has 0 heterocycles. The highest BCUT2D eigenvalue weighted by Crippen LogP contribution is 2.60. The molecule has 0 saturated carbocycles. The largest absolute Gasteiger partial charge is 0.300 e. The predicted molar refractivity (Wildman–Crippen MR) is 86.9 cm³/mol. The van der Waals surface area contributed by atoms with Crippen LogP contribution in [0, 0.1) is 6.92 Å². The van der Waals surface area contributed by atoms with Crippen molar-refractivity contribution in [2.75, 3.05) is 0 Å². The minimum atomic E-state index is -2.82. The van der Waals surface area contributed by atoms with Crippen molar-refractivity contribution in [2.24, 2.45) is 0 Å². The summed E-state index contributed by atoms with van der Waals surface area (Å²) in [6, 6.07) is 20.6. The van der Waals surface area contributed by atoms with Gasteiger partial charge in [-0.15, -0.1) is 0 Å². The van der Waals surface area contributed by atoms with Crippen molar-refractivity contribution in [3.63, 3.8) is 0 Å². The van der Waals surface area contributed by atoms with E-state index in [2.05, 4.69) is 0 Å². The lowest BCUT2D eigenvalue weighted by Crippen LogP contribution is -1.97. The number of hydrogen-bond donors (Lipinski definition) is 0. The van der Waals surface area contributed by atoms with Crippen molar-refractivity contribution in [1.82, 2.24) is 0 Å². The van der Waals surface area contributed by atoms with Gasteiger partial charge in [0.05, 0.1) is 0 Å². The van der Waals surface area contributed by atoms with E-state index < -0.39 is 5.92 Å². The zero-order chi connectivity index (χ0) is 15.3. The normalized spacial score (nSPS) is 16.1. The second-order valence-electron chi connectivity index (χ2n) is 5.75. The van der Waals surface area contributed by atoms with Crippen molar-refractivity contribution in [1.29, 1.82) is 0 Å². The number of halogens is 2. The summed E-state index contributed by atoms with van der Waals surface area (Å²) in [4.78, 5) is 0. The molecule has 0 atom stereocenters. The van der Waals surface area contributed by atoms with E-state index in [-0.39, 0.29) is 11.1 Å². The lowest BCUT2D eigenvalue weighted by molar-refractivity contribution is 0.166. The smallest absolute Gasteiger partial charge is 0.196 e. The number of fused-ring (bicyclic) bond motifs is 1. The topological polar surface area (TPSA) is 0 Å². The summed E-state index contributed by atoms with van der Waals surface area (Å²) in [6.45, 7) is 1.95. The van der Waals surface area contributed by atoms with Crippen LogP contribution in [0.5, 0.6) is 0 Å². The molecular formula is C20H14F2.